The average Bonchev–Trinajstić information content (AvgIpc) is 2.48. The van der Waals surface area contributed by atoms with Gasteiger partial charge in [-0.25, -0.2) is 0 Å². The summed E-state index contributed by atoms with van der Waals surface area (Å²) in [6.07, 6.45) is 2.04. The van der Waals surface area contributed by atoms with Crippen LogP contribution in [0.25, 0.3) is 0 Å². The smallest absolute Gasteiger partial charge is 0.199 e. The second-order valence-electron chi connectivity index (χ2n) is 5.21. The highest BCUT2D eigenvalue weighted by Gasteiger charge is 2.19. The van der Waals surface area contributed by atoms with Gasteiger partial charge in [-0.3, -0.25) is 0 Å². The predicted molar refractivity (Wildman–Crippen MR) is 76.9 cm³/mol. The zero-order valence-corrected chi connectivity index (χ0v) is 12.3. The standard InChI is InChI=1S/C15H21ClO4/c1-10(9-17)15(18)11-5-6-13(12(16)8-11)20-14-4-2-3-7-19-14/h5-6,8,10,14-15,17-18H,2-4,7,9H2,1H3/t10-,14?,15?/m1/s1. The van der Waals surface area contributed by atoms with Crippen molar-refractivity contribution in [3.8, 4) is 5.75 Å². The molecule has 0 bridgehead atoms. The normalized spacial score (nSPS) is 22.3. The second-order valence-corrected chi connectivity index (χ2v) is 5.62. The minimum absolute atomic E-state index is 0.0764. The number of aliphatic hydroxyl groups excluding tert-OH is 2. The molecule has 3 atom stereocenters. The van der Waals surface area contributed by atoms with Crippen LogP contribution in [0.3, 0.4) is 0 Å². The summed E-state index contributed by atoms with van der Waals surface area (Å²) in [6.45, 7) is 2.42. The first-order valence-corrected chi connectivity index (χ1v) is 7.36. The summed E-state index contributed by atoms with van der Waals surface area (Å²) in [6, 6.07) is 5.18. The van der Waals surface area contributed by atoms with E-state index in [-0.39, 0.29) is 18.8 Å². The van der Waals surface area contributed by atoms with Crippen LogP contribution < -0.4 is 4.74 Å². The van der Waals surface area contributed by atoms with Gasteiger partial charge in [0.15, 0.2) is 6.29 Å². The highest BCUT2D eigenvalue weighted by atomic mass is 35.5. The fourth-order valence-corrected chi connectivity index (χ4v) is 2.40. The summed E-state index contributed by atoms with van der Waals surface area (Å²) in [5.41, 5.74) is 0.675. The monoisotopic (exact) mass is 300 g/mol. The Kier molecular flexibility index (Phi) is 5.66. The van der Waals surface area contributed by atoms with Gasteiger partial charge < -0.3 is 19.7 Å². The van der Waals surface area contributed by atoms with Gasteiger partial charge in [0, 0.05) is 18.9 Å². The fraction of sp³-hybridized carbons (Fsp3) is 0.600. The first-order chi connectivity index (χ1) is 9.61. The van der Waals surface area contributed by atoms with Gasteiger partial charge in [-0.15, -0.1) is 0 Å². The molecule has 1 aromatic rings. The van der Waals surface area contributed by atoms with Crippen molar-refractivity contribution in [2.45, 2.75) is 38.6 Å². The van der Waals surface area contributed by atoms with Crippen LogP contribution in [0.15, 0.2) is 18.2 Å². The van der Waals surface area contributed by atoms with Crippen LogP contribution in [-0.2, 0) is 4.74 Å². The maximum Gasteiger partial charge on any atom is 0.199 e. The van der Waals surface area contributed by atoms with E-state index in [9.17, 15) is 5.11 Å². The number of aliphatic hydroxyl groups is 2. The molecule has 1 saturated heterocycles. The van der Waals surface area contributed by atoms with E-state index < -0.39 is 6.10 Å². The minimum Gasteiger partial charge on any atom is -0.463 e. The number of hydrogen-bond acceptors (Lipinski definition) is 4. The minimum atomic E-state index is -0.738. The zero-order chi connectivity index (χ0) is 14.5. The summed E-state index contributed by atoms with van der Waals surface area (Å²) in [4.78, 5) is 0. The lowest BCUT2D eigenvalue weighted by molar-refractivity contribution is -0.105. The van der Waals surface area contributed by atoms with Gasteiger partial charge in [0.25, 0.3) is 0 Å². The summed E-state index contributed by atoms with van der Waals surface area (Å²) < 4.78 is 11.2. The number of benzene rings is 1. The van der Waals surface area contributed by atoms with Crippen molar-refractivity contribution >= 4 is 11.6 Å². The van der Waals surface area contributed by atoms with Gasteiger partial charge in [0.2, 0.25) is 0 Å². The molecule has 1 aromatic carbocycles. The molecule has 112 valence electrons. The highest BCUT2D eigenvalue weighted by molar-refractivity contribution is 6.32. The molecule has 0 spiro atoms. The lowest BCUT2D eigenvalue weighted by Gasteiger charge is -2.24. The molecule has 0 aromatic heterocycles. The molecule has 1 fully saturated rings. The van der Waals surface area contributed by atoms with E-state index in [4.69, 9.17) is 26.2 Å². The Morgan fingerprint density at radius 2 is 2.25 bits per heavy atom. The van der Waals surface area contributed by atoms with Crippen LogP contribution in [0, 0.1) is 5.92 Å². The number of ether oxygens (including phenoxy) is 2. The molecule has 0 amide bonds. The van der Waals surface area contributed by atoms with E-state index in [1.54, 1.807) is 25.1 Å². The molecule has 5 heteroatoms. The van der Waals surface area contributed by atoms with Crippen LogP contribution in [0.4, 0.5) is 0 Å². The van der Waals surface area contributed by atoms with Gasteiger partial charge in [-0.2, -0.15) is 0 Å². The Labute approximate surface area is 124 Å². The van der Waals surface area contributed by atoms with Crippen LogP contribution in [0.2, 0.25) is 5.02 Å². The quantitative estimate of drug-likeness (QED) is 0.878. The third-order valence-electron chi connectivity index (χ3n) is 3.52. The van der Waals surface area contributed by atoms with Crippen LogP contribution in [0.1, 0.15) is 37.9 Å². The largest absolute Gasteiger partial charge is 0.463 e. The molecule has 2 N–H and O–H groups in total. The highest BCUT2D eigenvalue weighted by Crippen LogP contribution is 2.32. The third-order valence-corrected chi connectivity index (χ3v) is 3.82. The van der Waals surface area contributed by atoms with E-state index in [1.165, 1.54) is 0 Å². The molecule has 2 unspecified atom stereocenters. The van der Waals surface area contributed by atoms with Crippen molar-refractivity contribution in [3.63, 3.8) is 0 Å². The zero-order valence-electron chi connectivity index (χ0n) is 11.6. The van der Waals surface area contributed by atoms with Crippen molar-refractivity contribution < 1.29 is 19.7 Å². The molecule has 20 heavy (non-hydrogen) atoms. The Morgan fingerprint density at radius 1 is 1.45 bits per heavy atom. The summed E-state index contributed by atoms with van der Waals surface area (Å²) >= 11 is 6.19. The average molecular weight is 301 g/mol. The van der Waals surface area contributed by atoms with Gasteiger partial charge >= 0.3 is 0 Å². The van der Waals surface area contributed by atoms with Gasteiger partial charge in [-0.1, -0.05) is 24.6 Å². The summed E-state index contributed by atoms with van der Waals surface area (Å²) in [5.74, 6) is 0.325. The van der Waals surface area contributed by atoms with Gasteiger partial charge in [0.1, 0.15) is 5.75 Å². The number of hydrogen-bond donors (Lipinski definition) is 2. The Hall–Kier alpha value is -0.810. The molecule has 0 radical (unpaired) electrons. The van der Waals surface area contributed by atoms with Crippen molar-refractivity contribution in [1.82, 2.24) is 0 Å². The molecule has 1 heterocycles. The summed E-state index contributed by atoms with van der Waals surface area (Å²) in [7, 11) is 0. The summed E-state index contributed by atoms with van der Waals surface area (Å²) in [5, 5.41) is 19.6. The first kappa shape index (κ1) is 15.6. The Bertz CT molecular complexity index is 432. The fourth-order valence-electron chi connectivity index (χ4n) is 2.17. The third kappa shape index (κ3) is 3.85. The molecule has 1 aliphatic heterocycles. The van der Waals surface area contributed by atoms with Crippen LogP contribution >= 0.6 is 11.6 Å². The maximum absolute atomic E-state index is 10.0. The van der Waals surface area contributed by atoms with E-state index in [0.717, 1.165) is 19.3 Å². The molecule has 2 rings (SSSR count). The second kappa shape index (κ2) is 7.27. The lowest BCUT2D eigenvalue weighted by Crippen LogP contribution is -2.25. The maximum atomic E-state index is 10.0. The van der Waals surface area contributed by atoms with Crippen molar-refractivity contribution in [1.29, 1.82) is 0 Å². The molecule has 1 aliphatic rings. The van der Waals surface area contributed by atoms with Crippen molar-refractivity contribution in [3.05, 3.63) is 28.8 Å². The van der Waals surface area contributed by atoms with Crippen LogP contribution in [-0.4, -0.2) is 29.7 Å². The number of rotatable bonds is 5. The van der Waals surface area contributed by atoms with Crippen molar-refractivity contribution in [2.75, 3.05) is 13.2 Å². The SMILES string of the molecule is C[C@H](CO)C(O)c1ccc(OC2CCCCO2)c(Cl)c1. The van der Waals surface area contributed by atoms with E-state index >= 15 is 0 Å². The molecule has 0 saturated carbocycles. The first-order valence-electron chi connectivity index (χ1n) is 6.98. The van der Waals surface area contributed by atoms with Gasteiger partial charge in [0.05, 0.1) is 17.7 Å². The molecule has 4 nitrogen and oxygen atoms in total. The topological polar surface area (TPSA) is 58.9 Å². The Morgan fingerprint density at radius 3 is 2.85 bits per heavy atom. The van der Waals surface area contributed by atoms with E-state index in [2.05, 4.69) is 0 Å². The van der Waals surface area contributed by atoms with Crippen LogP contribution in [0.5, 0.6) is 5.75 Å². The van der Waals surface area contributed by atoms with Crippen molar-refractivity contribution in [2.24, 2.45) is 5.92 Å². The molecule has 0 aliphatic carbocycles. The predicted octanol–water partition coefficient (Wildman–Crippen LogP) is 2.91. The number of halogens is 1. The lowest BCUT2D eigenvalue weighted by atomic mass is 9.98. The van der Waals surface area contributed by atoms with E-state index in [1.807, 2.05) is 0 Å². The Balaban J connectivity index is 2.05. The molecular weight excluding hydrogens is 280 g/mol. The molecular formula is C15H21ClO4. The van der Waals surface area contributed by atoms with Gasteiger partial charge in [-0.05, 0) is 30.5 Å². The van der Waals surface area contributed by atoms with E-state index in [0.29, 0.717) is 22.9 Å².